The maximum Gasteiger partial charge on any atom is 0.196 e. The molecule has 7 heteroatoms. The number of anilines is 1. The largest absolute Gasteiger partial charge is 0.455 e. The molecule has 0 aliphatic rings. The summed E-state index contributed by atoms with van der Waals surface area (Å²) in [5.74, 6) is -0.934. The second-order valence-electron chi connectivity index (χ2n) is 7.65. The van der Waals surface area contributed by atoms with Crippen LogP contribution in [0.1, 0.15) is 35.2 Å². The topological polar surface area (TPSA) is 78.9 Å². The molecule has 0 amide bonds. The number of aryl methyl sites for hydroxylation is 1. The van der Waals surface area contributed by atoms with E-state index in [0.29, 0.717) is 33.3 Å². The van der Waals surface area contributed by atoms with Crippen LogP contribution in [0.3, 0.4) is 0 Å². The number of nitrogens with one attached hydrogen (secondary N) is 1. The van der Waals surface area contributed by atoms with Gasteiger partial charge in [0.1, 0.15) is 34.6 Å². The average Bonchev–Trinajstić information content (AvgIpc) is 2.76. The Morgan fingerprint density at radius 1 is 1.16 bits per heavy atom. The standard InChI is InChI=1S/C25H19F2N3O2/c1-13-7-18(15(3)30-22-6-4-5-21(27)20(22)10-28)25-19(8-13)23(31)14(2)24(32-25)16-9-17(26)12-29-11-16/h4-9,11-12,15,30H,1-3H3. The highest BCUT2D eigenvalue weighted by molar-refractivity contribution is 5.84. The van der Waals surface area contributed by atoms with E-state index in [-0.39, 0.29) is 16.8 Å². The van der Waals surface area contributed by atoms with E-state index in [1.165, 1.54) is 24.4 Å². The van der Waals surface area contributed by atoms with Crippen LogP contribution in [0.4, 0.5) is 14.5 Å². The van der Waals surface area contributed by atoms with Crippen LogP contribution >= 0.6 is 0 Å². The minimum absolute atomic E-state index is 0.0971. The van der Waals surface area contributed by atoms with Crippen LogP contribution in [0.2, 0.25) is 0 Å². The molecule has 4 aromatic rings. The number of nitrogens with zero attached hydrogens (tertiary/aromatic N) is 2. The van der Waals surface area contributed by atoms with E-state index in [2.05, 4.69) is 10.3 Å². The number of hydrogen-bond acceptors (Lipinski definition) is 5. The van der Waals surface area contributed by atoms with Crippen molar-refractivity contribution in [1.82, 2.24) is 4.98 Å². The first-order chi connectivity index (χ1) is 15.3. The second-order valence-corrected chi connectivity index (χ2v) is 7.65. The molecule has 32 heavy (non-hydrogen) atoms. The molecule has 0 spiro atoms. The summed E-state index contributed by atoms with van der Waals surface area (Å²) in [6.45, 7) is 5.31. The molecule has 1 N–H and O–H groups in total. The van der Waals surface area contributed by atoms with Gasteiger partial charge in [0.2, 0.25) is 0 Å². The van der Waals surface area contributed by atoms with Crippen molar-refractivity contribution < 1.29 is 13.2 Å². The summed E-state index contributed by atoms with van der Waals surface area (Å²) in [7, 11) is 0. The molecule has 2 heterocycles. The molecule has 2 aromatic heterocycles. The maximum absolute atomic E-state index is 14.0. The fourth-order valence-corrected chi connectivity index (χ4v) is 3.77. The number of halogens is 2. The van der Waals surface area contributed by atoms with Gasteiger partial charge in [-0.15, -0.1) is 0 Å². The molecule has 0 radical (unpaired) electrons. The summed E-state index contributed by atoms with van der Waals surface area (Å²) in [5, 5.41) is 12.9. The molecular formula is C25H19F2N3O2. The van der Waals surface area contributed by atoms with E-state index >= 15 is 0 Å². The van der Waals surface area contributed by atoms with Gasteiger partial charge in [0.25, 0.3) is 0 Å². The van der Waals surface area contributed by atoms with E-state index < -0.39 is 17.7 Å². The van der Waals surface area contributed by atoms with Crippen molar-refractivity contribution in [3.05, 3.63) is 92.9 Å². The van der Waals surface area contributed by atoms with Gasteiger partial charge < -0.3 is 9.73 Å². The van der Waals surface area contributed by atoms with E-state index in [9.17, 15) is 18.8 Å². The van der Waals surface area contributed by atoms with Crippen molar-refractivity contribution in [3.63, 3.8) is 0 Å². The Balaban J connectivity index is 1.91. The van der Waals surface area contributed by atoms with E-state index in [4.69, 9.17) is 4.42 Å². The predicted molar refractivity (Wildman–Crippen MR) is 118 cm³/mol. The molecule has 0 bridgehead atoms. The highest BCUT2D eigenvalue weighted by atomic mass is 19.1. The van der Waals surface area contributed by atoms with Crippen molar-refractivity contribution in [2.45, 2.75) is 26.8 Å². The van der Waals surface area contributed by atoms with Crippen molar-refractivity contribution in [2.24, 2.45) is 0 Å². The molecule has 1 unspecified atom stereocenters. The summed E-state index contributed by atoms with van der Waals surface area (Å²) in [6, 6.07) is 10.6. The first-order valence-corrected chi connectivity index (χ1v) is 9.94. The lowest BCUT2D eigenvalue weighted by Gasteiger charge is -2.19. The summed E-state index contributed by atoms with van der Waals surface area (Å²) in [4.78, 5) is 17.0. The lowest BCUT2D eigenvalue weighted by molar-refractivity contribution is 0.598. The second kappa shape index (κ2) is 8.23. The lowest BCUT2D eigenvalue weighted by atomic mass is 9.99. The highest BCUT2D eigenvalue weighted by Crippen LogP contribution is 2.32. The zero-order chi connectivity index (χ0) is 23.0. The van der Waals surface area contributed by atoms with Crippen LogP contribution in [0, 0.1) is 36.8 Å². The minimum atomic E-state index is -0.623. The minimum Gasteiger partial charge on any atom is -0.455 e. The van der Waals surface area contributed by atoms with Crippen LogP contribution in [-0.2, 0) is 0 Å². The molecule has 0 fully saturated rings. The Kier molecular flexibility index (Phi) is 5.45. The molecule has 0 saturated heterocycles. The highest BCUT2D eigenvalue weighted by Gasteiger charge is 2.20. The van der Waals surface area contributed by atoms with Crippen LogP contribution in [0.5, 0.6) is 0 Å². The molecule has 1 atom stereocenters. The maximum atomic E-state index is 14.0. The molecule has 0 saturated carbocycles. The molecular weight excluding hydrogens is 412 g/mol. The van der Waals surface area contributed by atoms with Gasteiger partial charge in [-0.2, -0.15) is 5.26 Å². The van der Waals surface area contributed by atoms with E-state index in [0.717, 1.165) is 11.8 Å². The van der Waals surface area contributed by atoms with Gasteiger partial charge >= 0.3 is 0 Å². The molecule has 0 aliphatic heterocycles. The Bertz CT molecular complexity index is 1450. The zero-order valence-corrected chi connectivity index (χ0v) is 17.7. The van der Waals surface area contributed by atoms with Crippen molar-refractivity contribution in [3.8, 4) is 17.4 Å². The monoisotopic (exact) mass is 431 g/mol. The summed E-state index contributed by atoms with van der Waals surface area (Å²) >= 11 is 0. The Hall–Kier alpha value is -4.05. The van der Waals surface area contributed by atoms with Gasteiger partial charge in [0.15, 0.2) is 5.43 Å². The van der Waals surface area contributed by atoms with Crippen molar-refractivity contribution in [1.29, 1.82) is 5.26 Å². The van der Waals surface area contributed by atoms with Crippen LogP contribution in [0.25, 0.3) is 22.3 Å². The third-order valence-corrected chi connectivity index (χ3v) is 5.32. The number of rotatable bonds is 4. The lowest BCUT2D eigenvalue weighted by Crippen LogP contribution is -2.13. The SMILES string of the molecule is Cc1cc(C(C)Nc2cccc(F)c2C#N)c2oc(-c3cncc(F)c3)c(C)c(=O)c2c1. The normalized spacial score (nSPS) is 11.9. The number of aromatic nitrogens is 1. The predicted octanol–water partition coefficient (Wildman–Crippen LogP) is 5.79. The first-order valence-electron chi connectivity index (χ1n) is 9.94. The molecule has 5 nitrogen and oxygen atoms in total. The molecule has 160 valence electrons. The Morgan fingerprint density at radius 2 is 1.94 bits per heavy atom. The Morgan fingerprint density at radius 3 is 2.66 bits per heavy atom. The smallest absolute Gasteiger partial charge is 0.196 e. The van der Waals surface area contributed by atoms with Gasteiger partial charge in [-0.3, -0.25) is 9.78 Å². The van der Waals surface area contributed by atoms with Gasteiger partial charge in [0.05, 0.1) is 23.3 Å². The van der Waals surface area contributed by atoms with E-state index in [1.807, 2.05) is 26.0 Å². The van der Waals surface area contributed by atoms with Gasteiger partial charge in [-0.25, -0.2) is 8.78 Å². The number of fused-ring (bicyclic) bond motifs is 1. The fraction of sp³-hybridized carbons (Fsp3) is 0.160. The zero-order valence-electron chi connectivity index (χ0n) is 17.7. The van der Waals surface area contributed by atoms with Crippen LogP contribution in [-0.4, -0.2) is 4.98 Å². The molecule has 4 rings (SSSR count). The average molecular weight is 431 g/mol. The van der Waals surface area contributed by atoms with Crippen molar-refractivity contribution >= 4 is 16.7 Å². The van der Waals surface area contributed by atoms with Crippen LogP contribution < -0.4 is 10.7 Å². The summed E-state index contributed by atoms with van der Waals surface area (Å²) < 4.78 is 33.9. The molecule has 0 aliphatic carbocycles. The number of benzene rings is 2. The number of pyridine rings is 1. The van der Waals surface area contributed by atoms with E-state index in [1.54, 1.807) is 19.1 Å². The summed E-state index contributed by atoms with van der Waals surface area (Å²) in [6.07, 6.45) is 2.51. The van der Waals surface area contributed by atoms with Gasteiger partial charge in [-0.1, -0.05) is 12.1 Å². The fourth-order valence-electron chi connectivity index (χ4n) is 3.77. The number of nitriles is 1. The van der Waals surface area contributed by atoms with Crippen LogP contribution in [0.15, 0.2) is 58.0 Å². The van der Waals surface area contributed by atoms with Crippen molar-refractivity contribution in [2.75, 3.05) is 5.32 Å². The third-order valence-electron chi connectivity index (χ3n) is 5.32. The first kappa shape index (κ1) is 21.2. The Labute approximate surface area is 183 Å². The molecule has 2 aromatic carbocycles. The third kappa shape index (κ3) is 3.71. The quantitative estimate of drug-likeness (QED) is 0.442. The van der Waals surface area contributed by atoms with Gasteiger partial charge in [0, 0.05) is 22.9 Å². The number of hydrogen-bond donors (Lipinski definition) is 1. The van der Waals surface area contributed by atoms with Gasteiger partial charge in [-0.05, 0) is 50.6 Å². The summed E-state index contributed by atoms with van der Waals surface area (Å²) in [5.41, 5.74) is 2.53.